The van der Waals surface area contributed by atoms with E-state index in [-0.39, 0.29) is 29.1 Å². The van der Waals surface area contributed by atoms with E-state index in [1.165, 1.54) is 12.1 Å². The Hall–Kier alpha value is -2.16. The standard InChI is InChI=1S/C23H25ClO6S/c24-20-11-19(27)8-6-17(20)10-16(15-4-2-1-3-5-15)7-9-21(28)23-18(12-25)14-31(29,30)22(23)13-26/h1-6,8,10-11,21-22,25-28H,7,9,12-14H2/b16-10-/t21-,22+/m1/s1. The first-order chi connectivity index (χ1) is 14.8. The number of benzene rings is 2. The molecule has 0 amide bonds. The molecular weight excluding hydrogens is 440 g/mol. The van der Waals surface area contributed by atoms with Crippen molar-refractivity contribution in [2.45, 2.75) is 24.2 Å². The Morgan fingerprint density at radius 2 is 1.87 bits per heavy atom. The monoisotopic (exact) mass is 464 g/mol. The molecule has 3 rings (SSSR count). The van der Waals surface area contributed by atoms with E-state index in [1.54, 1.807) is 6.07 Å². The van der Waals surface area contributed by atoms with Gasteiger partial charge in [0.2, 0.25) is 0 Å². The number of phenols is 1. The molecule has 0 radical (unpaired) electrons. The number of hydrogen-bond acceptors (Lipinski definition) is 6. The zero-order valence-corrected chi connectivity index (χ0v) is 18.4. The van der Waals surface area contributed by atoms with Crippen molar-refractivity contribution in [3.63, 3.8) is 0 Å². The normalized spacial score (nSPS) is 19.6. The molecule has 0 saturated carbocycles. The molecule has 0 aliphatic carbocycles. The van der Waals surface area contributed by atoms with E-state index in [0.29, 0.717) is 17.0 Å². The summed E-state index contributed by atoms with van der Waals surface area (Å²) in [7, 11) is -3.64. The van der Waals surface area contributed by atoms with Gasteiger partial charge in [-0.3, -0.25) is 0 Å². The molecule has 0 aromatic heterocycles. The average Bonchev–Trinajstić information content (AvgIpc) is 3.02. The van der Waals surface area contributed by atoms with Gasteiger partial charge in [-0.25, -0.2) is 8.42 Å². The molecule has 166 valence electrons. The third kappa shape index (κ3) is 5.37. The fraction of sp³-hybridized carbons (Fsp3) is 0.304. The minimum atomic E-state index is -3.64. The van der Waals surface area contributed by atoms with Gasteiger partial charge in [0.15, 0.2) is 9.84 Å². The lowest BCUT2D eigenvalue weighted by Crippen LogP contribution is -2.29. The summed E-state index contributed by atoms with van der Waals surface area (Å²) in [6.45, 7) is -1.12. The minimum absolute atomic E-state index is 0.0554. The molecule has 31 heavy (non-hydrogen) atoms. The maximum Gasteiger partial charge on any atom is 0.163 e. The zero-order valence-electron chi connectivity index (χ0n) is 16.8. The smallest absolute Gasteiger partial charge is 0.163 e. The summed E-state index contributed by atoms with van der Waals surface area (Å²) >= 11 is 6.25. The summed E-state index contributed by atoms with van der Waals surface area (Å²) in [4.78, 5) is 0. The summed E-state index contributed by atoms with van der Waals surface area (Å²) in [6, 6.07) is 14.2. The van der Waals surface area contributed by atoms with Gasteiger partial charge in [0.25, 0.3) is 0 Å². The molecular formula is C23H25ClO6S. The predicted molar refractivity (Wildman–Crippen MR) is 121 cm³/mol. The van der Waals surface area contributed by atoms with Gasteiger partial charge in [0.05, 0.1) is 30.1 Å². The number of rotatable bonds is 8. The summed E-state index contributed by atoms with van der Waals surface area (Å²) < 4.78 is 24.5. The summed E-state index contributed by atoms with van der Waals surface area (Å²) in [5.41, 5.74) is 2.91. The SMILES string of the molecule is O=S1(=O)CC(CO)=C([C@H](O)CC/C(=C/c2ccc(O)cc2Cl)c2ccccc2)[C@@H]1CO. The van der Waals surface area contributed by atoms with Gasteiger partial charge in [-0.1, -0.05) is 41.9 Å². The molecule has 4 N–H and O–H groups in total. The second kappa shape index (κ2) is 9.97. The number of sulfone groups is 1. The number of aliphatic hydroxyl groups is 3. The van der Waals surface area contributed by atoms with Gasteiger partial charge in [0, 0.05) is 0 Å². The maximum absolute atomic E-state index is 12.3. The van der Waals surface area contributed by atoms with Crippen LogP contribution in [0.4, 0.5) is 0 Å². The van der Waals surface area contributed by atoms with Gasteiger partial charge in [-0.2, -0.15) is 0 Å². The topological polar surface area (TPSA) is 115 Å². The first kappa shape index (κ1) is 23.5. The number of halogens is 1. The van der Waals surface area contributed by atoms with Gasteiger partial charge < -0.3 is 20.4 Å². The van der Waals surface area contributed by atoms with Crippen LogP contribution in [-0.4, -0.2) is 59.2 Å². The maximum atomic E-state index is 12.3. The van der Waals surface area contributed by atoms with Crippen LogP contribution >= 0.6 is 11.6 Å². The van der Waals surface area contributed by atoms with E-state index in [1.807, 2.05) is 36.4 Å². The Labute approximate surface area is 186 Å². The Bertz CT molecular complexity index is 1090. The van der Waals surface area contributed by atoms with Gasteiger partial charge in [-0.15, -0.1) is 0 Å². The Balaban J connectivity index is 1.90. The van der Waals surface area contributed by atoms with Crippen LogP contribution in [0, 0.1) is 0 Å². The summed E-state index contributed by atoms with van der Waals surface area (Å²) in [5, 5.41) is 38.7. The quantitative estimate of drug-likeness (QED) is 0.353. The lowest BCUT2D eigenvalue weighted by atomic mass is 9.92. The van der Waals surface area contributed by atoms with Crippen molar-refractivity contribution in [1.82, 2.24) is 0 Å². The van der Waals surface area contributed by atoms with E-state index >= 15 is 0 Å². The number of phenolic OH excluding ortho intramolecular Hbond substituents is 1. The van der Waals surface area contributed by atoms with Gasteiger partial charge >= 0.3 is 0 Å². The van der Waals surface area contributed by atoms with Crippen molar-refractivity contribution in [2.24, 2.45) is 0 Å². The first-order valence-corrected chi connectivity index (χ1v) is 11.9. The predicted octanol–water partition coefficient (Wildman–Crippen LogP) is 2.81. The van der Waals surface area contributed by atoms with Crippen molar-refractivity contribution in [3.05, 3.63) is 75.8 Å². The molecule has 1 aliphatic rings. The molecule has 1 aliphatic heterocycles. The third-order valence-electron chi connectivity index (χ3n) is 5.43. The van der Waals surface area contributed by atoms with Gasteiger partial charge in [-0.05, 0) is 65.0 Å². The zero-order chi connectivity index (χ0) is 22.6. The molecule has 0 bridgehead atoms. The number of allylic oxidation sites excluding steroid dienone is 1. The van der Waals surface area contributed by atoms with Crippen LogP contribution in [0.3, 0.4) is 0 Å². The fourth-order valence-electron chi connectivity index (χ4n) is 3.87. The molecule has 2 atom stereocenters. The van der Waals surface area contributed by atoms with Crippen LogP contribution in [0.25, 0.3) is 11.6 Å². The highest BCUT2D eigenvalue weighted by Gasteiger charge is 2.40. The highest BCUT2D eigenvalue weighted by molar-refractivity contribution is 7.92. The van der Waals surface area contributed by atoms with Crippen molar-refractivity contribution >= 4 is 33.1 Å². The second-order valence-corrected chi connectivity index (χ2v) is 10.1. The highest BCUT2D eigenvalue weighted by Crippen LogP contribution is 2.34. The van der Waals surface area contributed by atoms with Crippen LogP contribution in [-0.2, 0) is 9.84 Å². The molecule has 0 saturated heterocycles. The lowest BCUT2D eigenvalue weighted by Gasteiger charge is -2.19. The van der Waals surface area contributed by atoms with E-state index in [2.05, 4.69) is 0 Å². The van der Waals surface area contributed by atoms with Crippen LogP contribution in [0.1, 0.15) is 24.0 Å². The molecule has 0 unspecified atom stereocenters. The van der Waals surface area contributed by atoms with Crippen molar-refractivity contribution < 1.29 is 28.8 Å². The highest BCUT2D eigenvalue weighted by atomic mass is 35.5. The number of aliphatic hydroxyl groups excluding tert-OH is 3. The summed E-state index contributed by atoms with van der Waals surface area (Å²) in [5.74, 6) is -0.300. The van der Waals surface area contributed by atoms with Crippen LogP contribution in [0.2, 0.25) is 5.02 Å². The Morgan fingerprint density at radius 1 is 1.16 bits per heavy atom. The summed E-state index contributed by atoms with van der Waals surface area (Å²) in [6.07, 6.45) is 1.32. The first-order valence-electron chi connectivity index (χ1n) is 9.84. The lowest BCUT2D eigenvalue weighted by molar-refractivity contribution is 0.188. The third-order valence-corrected chi connectivity index (χ3v) is 7.77. The Morgan fingerprint density at radius 3 is 2.48 bits per heavy atom. The van der Waals surface area contributed by atoms with Crippen molar-refractivity contribution in [3.8, 4) is 5.75 Å². The molecule has 2 aromatic rings. The molecule has 0 fully saturated rings. The van der Waals surface area contributed by atoms with Crippen LogP contribution in [0.15, 0.2) is 59.7 Å². The minimum Gasteiger partial charge on any atom is -0.508 e. The van der Waals surface area contributed by atoms with Crippen molar-refractivity contribution in [1.29, 1.82) is 0 Å². The largest absolute Gasteiger partial charge is 0.508 e. The van der Waals surface area contributed by atoms with E-state index in [0.717, 1.165) is 11.1 Å². The van der Waals surface area contributed by atoms with E-state index < -0.39 is 34.4 Å². The molecule has 8 heteroatoms. The molecule has 2 aromatic carbocycles. The van der Waals surface area contributed by atoms with Crippen LogP contribution in [0.5, 0.6) is 5.75 Å². The molecule has 6 nitrogen and oxygen atoms in total. The number of hydrogen-bond donors (Lipinski definition) is 4. The second-order valence-electron chi connectivity index (χ2n) is 7.49. The fourth-order valence-corrected chi connectivity index (χ4v) is 5.98. The average molecular weight is 465 g/mol. The number of aromatic hydroxyl groups is 1. The van der Waals surface area contributed by atoms with Crippen molar-refractivity contribution in [2.75, 3.05) is 19.0 Å². The van der Waals surface area contributed by atoms with Crippen LogP contribution < -0.4 is 0 Å². The van der Waals surface area contributed by atoms with E-state index in [9.17, 15) is 28.8 Å². The molecule has 0 spiro atoms. The molecule has 1 heterocycles. The van der Waals surface area contributed by atoms with Gasteiger partial charge in [0.1, 0.15) is 11.0 Å². The Kier molecular flexibility index (Phi) is 7.56. The van der Waals surface area contributed by atoms with E-state index in [4.69, 9.17) is 11.6 Å².